The highest BCUT2D eigenvalue weighted by atomic mass is 19.4. The Morgan fingerprint density at radius 1 is 0.351 bits per heavy atom. The molecule has 0 saturated carbocycles. The van der Waals surface area contributed by atoms with Crippen molar-refractivity contribution >= 4 is 43.6 Å². The average molecular weight is 963 g/mol. The molecule has 0 unspecified atom stereocenters. The molecule has 4 nitrogen and oxygen atoms in total. The van der Waals surface area contributed by atoms with Crippen molar-refractivity contribution in [2.24, 2.45) is 0 Å². The fraction of sp³-hybridized carbons (Fsp3) is 0.0746. The van der Waals surface area contributed by atoms with E-state index in [-0.39, 0.29) is 5.56 Å². The van der Waals surface area contributed by atoms with Crippen molar-refractivity contribution in [1.82, 2.24) is 9.13 Å². The minimum Gasteiger partial charge on any atom is -0.308 e. The molecule has 0 aliphatic rings. The molecule has 0 spiro atoms. The number of benzene rings is 10. The monoisotopic (exact) mass is 962 g/mol. The van der Waals surface area contributed by atoms with Gasteiger partial charge in [0.25, 0.3) is 0 Å². The van der Waals surface area contributed by atoms with Crippen molar-refractivity contribution in [3.8, 4) is 79.1 Å². The zero-order valence-electron chi connectivity index (χ0n) is 41.0. The third kappa shape index (κ3) is 7.87. The highest BCUT2D eigenvalue weighted by molar-refractivity contribution is 6.13. The van der Waals surface area contributed by atoms with Gasteiger partial charge in [0.2, 0.25) is 0 Å². The van der Waals surface area contributed by atoms with Crippen LogP contribution in [-0.4, -0.2) is 9.13 Å². The van der Waals surface area contributed by atoms with E-state index in [0.717, 1.165) is 123 Å². The van der Waals surface area contributed by atoms with Crippen molar-refractivity contribution in [2.45, 2.75) is 33.9 Å². The number of alkyl halides is 3. The molecule has 0 atom stereocenters. The van der Waals surface area contributed by atoms with E-state index in [9.17, 15) is 23.7 Å². The van der Waals surface area contributed by atoms with Crippen LogP contribution < -0.4 is 0 Å². The summed E-state index contributed by atoms with van der Waals surface area (Å²) in [5, 5.41) is 26.5. The minimum absolute atomic E-state index is 0.141. The van der Waals surface area contributed by atoms with Gasteiger partial charge in [-0.25, -0.2) is 0 Å². The number of aryl methyl sites for hydroxylation is 4. The van der Waals surface area contributed by atoms with E-state index in [1.165, 1.54) is 6.07 Å². The molecule has 7 heteroatoms. The van der Waals surface area contributed by atoms with Crippen LogP contribution in [0.2, 0.25) is 0 Å². The van der Waals surface area contributed by atoms with E-state index >= 15 is 0 Å². The van der Waals surface area contributed by atoms with E-state index in [2.05, 4.69) is 195 Å². The van der Waals surface area contributed by atoms with E-state index < -0.39 is 11.7 Å². The van der Waals surface area contributed by atoms with E-state index in [1.54, 1.807) is 0 Å². The minimum atomic E-state index is -4.68. The maximum Gasteiger partial charge on any atom is 0.416 e. The molecule has 12 rings (SSSR count). The molecule has 0 fully saturated rings. The first-order valence-corrected chi connectivity index (χ1v) is 24.5. The molecular weight excluding hydrogens is 918 g/mol. The SMILES string of the molecule is Cc1cccc(-c2ccc3c4ccc(-c5cccc(C)c5)cc4n(-c4cc(-c5ccc(C(F)(F)F)cc5C#N)cc(-n5c6cc(-c7cccc(C)c7)ccc6c6ccc(-c7cccc(C)c7)cc65)c4C#N)c3c2)c1. The number of nitrogens with zero attached hydrogens (tertiary/aromatic N) is 4. The summed E-state index contributed by atoms with van der Waals surface area (Å²) in [6.45, 7) is 8.27. The van der Waals surface area contributed by atoms with Gasteiger partial charge < -0.3 is 9.13 Å². The molecule has 12 aromatic rings. The van der Waals surface area contributed by atoms with Gasteiger partial charge in [0.1, 0.15) is 11.6 Å². The van der Waals surface area contributed by atoms with Gasteiger partial charge in [-0.2, -0.15) is 23.7 Å². The summed E-state index contributed by atoms with van der Waals surface area (Å²) in [5.74, 6) is 0. The Hall–Kier alpha value is -9.43. The van der Waals surface area contributed by atoms with Gasteiger partial charge in [-0.1, -0.05) is 174 Å². The normalized spacial score (nSPS) is 11.7. The lowest BCUT2D eigenvalue weighted by Gasteiger charge is -2.20. The first-order chi connectivity index (χ1) is 35.8. The zero-order valence-corrected chi connectivity index (χ0v) is 41.0. The van der Waals surface area contributed by atoms with Gasteiger partial charge in [-0.3, -0.25) is 0 Å². The van der Waals surface area contributed by atoms with Crippen molar-refractivity contribution in [3.05, 3.63) is 239 Å². The van der Waals surface area contributed by atoms with Crippen LogP contribution in [0, 0.1) is 50.4 Å². The Labute approximate surface area is 426 Å². The van der Waals surface area contributed by atoms with Crippen molar-refractivity contribution in [3.63, 3.8) is 0 Å². The number of aromatic nitrogens is 2. The van der Waals surface area contributed by atoms with Gasteiger partial charge in [0, 0.05) is 21.5 Å². The lowest BCUT2D eigenvalue weighted by atomic mass is 9.95. The van der Waals surface area contributed by atoms with Gasteiger partial charge in [0.05, 0.1) is 50.6 Å². The second-order valence-electron chi connectivity index (χ2n) is 19.4. The van der Waals surface area contributed by atoms with Crippen molar-refractivity contribution in [1.29, 1.82) is 10.5 Å². The molecule has 0 aliphatic carbocycles. The Morgan fingerprint density at radius 3 is 0.986 bits per heavy atom. The Balaban J connectivity index is 1.25. The van der Waals surface area contributed by atoms with Gasteiger partial charge in [-0.05, 0) is 132 Å². The van der Waals surface area contributed by atoms with Crippen LogP contribution in [0.3, 0.4) is 0 Å². The standard InChI is InChI=1S/C67H45F3N4/c1-40-9-5-13-44(27-40)48-17-22-56-57-23-18-49(45-14-6-10-41(2)28-45)33-62(57)73(61(56)32-48)65-36-52(55-26-21-54(67(68,69)70)31-53(55)38-71)37-66(60(65)39-72)74-63-34-50(46-15-7-11-42(3)29-46)19-24-58(63)59-25-20-51(35-64(59)74)47-16-8-12-43(4)30-47/h5-37H,1-4H3. The second kappa shape index (κ2) is 17.7. The van der Waals surface area contributed by atoms with Crippen molar-refractivity contribution < 1.29 is 13.2 Å². The smallest absolute Gasteiger partial charge is 0.308 e. The molecule has 0 saturated heterocycles. The van der Waals surface area contributed by atoms with Gasteiger partial charge >= 0.3 is 6.18 Å². The molecule has 354 valence electrons. The van der Waals surface area contributed by atoms with Crippen LogP contribution >= 0.6 is 0 Å². The summed E-state index contributed by atoms with van der Waals surface area (Å²) >= 11 is 0. The molecule has 2 aromatic heterocycles. The predicted octanol–water partition coefficient (Wildman–Crippen LogP) is 18.2. The molecule has 10 aromatic carbocycles. The maximum absolute atomic E-state index is 14.4. The molecule has 0 bridgehead atoms. The Bertz CT molecular complexity index is 3940. The van der Waals surface area contributed by atoms with Crippen LogP contribution in [0.25, 0.3) is 111 Å². The summed E-state index contributed by atoms with van der Waals surface area (Å²) in [4.78, 5) is 0. The van der Waals surface area contributed by atoms with Crippen LogP contribution in [0.1, 0.15) is 38.9 Å². The topological polar surface area (TPSA) is 57.4 Å². The predicted molar refractivity (Wildman–Crippen MR) is 296 cm³/mol. The van der Waals surface area contributed by atoms with E-state index in [0.29, 0.717) is 28.1 Å². The van der Waals surface area contributed by atoms with Crippen LogP contribution in [0.15, 0.2) is 200 Å². The summed E-state index contributed by atoms with van der Waals surface area (Å²) < 4.78 is 47.4. The van der Waals surface area contributed by atoms with Crippen LogP contribution in [0.5, 0.6) is 0 Å². The number of hydrogen-bond acceptors (Lipinski definition) is 2. The Morgan fingerprint density at radius 2 is 0.689 bits per heavy atom. The highest BCUT2D eigenvalue weighted by Crippen LogP contribution is 2.44. The molecule has 0 aliphatic heterocycles. The average Bonchev–Trinajstić information content (AvgIpc) is 3.94. The summed E-state index contributed by atoms with van der Waals surface area (Å²) in [6.07, 6.45) is -4.68. The van der Waals surface area contributed by atoms with Crippen LogP contribution in [-0.2, 0) is 6.18 Å². The lowest BCUT2D eigenvalue weighted by molar-refractivity contribution is -0.137. The fourth-order valence-electron chi connectivity index (χ4n) is 10.9. The number of hydrogen-bond donors (Lipinski definition) is 0. The molecule has 0 radical (unpaired) electrons. The molecule has 0 amide bonds. The summed E-state index contributed by atoms with van der Waals surface area (Å²) in [5.41, 5.74) is 16.9. The first kappa shape index (κ1) is 45.7. The molecular formula is C67H45F3N4. The van der Waals surface area contributed by atoms with Crippen LogP contribution in [0.4, 0.5) is 13.2 Å². The molecule has 0 N–H and O–H groups in total. The summed E-state index contributed by atoms with van der Waals surface area (Å²) in [7, 11) is 0. The lowest BCUT2D eigenvalue weighted by Crippen LogP contribution is -2.07. The van der Waals surface area contributed by atoms with Crippen molar-refractivity contribution in [2.75, 3.05) is 0 Å². The largest absolute Gasteiger partial charge is 0.416 e. The maximum atomic E-state index is 14.4. The van der Waals surface area contributed by atoms with Gasteiger partial charge in [-0.15, -0.1) is 0 Å². The summed E-state index contributed by atoms with van der Waals surface area (Å²) in [6, 6.07) is 70.9. The van der Waals surface area contributed by atoms with E-state index in [1.807, 2.05) is 36.4 Å². The number of rotatable bonds is 7. The van der Waals surface area contributed by atoms with E-state index in [4.69, 9.17) is 0 Å². The first-order valence-electron chi connectivity index (χ1n) is 24.5. The molecule has 2 heterocycles. The highest BCUT2D eigenvalue weighted by Gasteiger charge is 2.32. The third-order valence-corrected chi connectivity index (χ3v) is 14.4. The quantitative estimate of drug-likeness (QED) is 0.160. The zero-order chi connectivity index (χ0) is 51.0. The number of nitriles is 2. The van der Waals surface area contributed by atoms with Gasteiger partial charge in [0.15, 0.2) is 0 Å². The number of fused-ring (bicyclic) bond motifs is 6. The Kier molecular flexibility index (Phi) is 10.9. The molecule has 74 heavy (non-hydrogen) atoms. The number of halogens is 3. The second-order valence-corrected chi connectivity index (χ2v) is 19.4. The fourth-order valence-corrected chi connectivity index (χ4v) is 10.9. The third-order valence-electron chi connectivity index (χ3n) is 14.4.